The first-order valence-electron chi connectivity index (χ1n) is 9.49. The third kappa shape index (κ3) is 6.10. The molecule has 1 atom stereocenters. The molecule has 27 heavy (non-hydrogen) atoms. The van der Waals surface area contributed by atoms with Gasteiger partial charge < -0.3 is 0 Å². The van der Waals surface area contributed by atoms with Crippen molar-refractivity contribution in [2.24, 2.45) is 5.92 Å². The van der Waals surface area contributed by atoms with Gasteiger partial charge in [-0.05, 0) is 0 Å². The largest absolute Gasteiger partial charge is 0.147 e. The van der Waals surface area contributed by atoms with Gasteiger partial charge in [-0.3, -0.25) is 0 Å². The summed E-state index contributed by atoms with van der Waals surface area (Å²) in [5.41, 5.74) is 5.95. The van der Waals surface area contributed by atoms with E-state index in [1.807, 2.05) is 0 Å². The van der Waals surface area contributed by atoms with E-state index in [1.54, 1.807) is 15.0 Å². The van der Waals surface area contributed by atoms with E-state index >= 15 is 0 Å². The monoisotopic (exact) mass is 479 g/mol. The van der Waals surface area contributed by atoms with Crippen LogP contribution in [0, 0.1) is 12.8 Å². The van der Waals surface area contributed by atoms with E-state index in [-0.39, 0.29) is 24.8 Å². The zero-order valence-electron chi connectivity index (χ0n) is 18.6. The molecule has 6 heteroatoms. The Hall–Kier alpha value is 0.228. The van der Waals surface area contributed by atoms with Crippen molar-refractivity contribution in [2.75, 3.05) is 0 Å². The molecule has 0 fully saturated rings. The van der Waals surface area contributed by atoms with Crippen molar-refractivity contribution in [1.29, 1.82) is 0 Å². The predicted molar refractivity (Wildman–Crippen MR) is 128 cm³/mol. The Morgan fingerprint density at radius 2 is 1.48 bits per heavy atom. The maximum atomic E-state index is 6.88. The summed E-state index contributed by atoms with van der Waals surface area (Å²) in [6.07, 6.45) is 0. The van der Waals surface area contributed by atoms with Crippen molar-refractivity contribution in [1.82, 2.24) is 0 Å². The van der Waals surface area contributed by atoms with E-state index in [4.69, 9.17) is 3.32 Å². The number of halogens is 2. The van der Waals surface area contributed by atoms with Crippen molar-refractivity contribution in [3.8, 4) is 5.75 Å². The molecule has 1 aliphatic rings. The number of hydrogen-bond donors (Lipinski definition) is 0. The molecular weight excluding hydrogens is 443 g/mol. The number of rotatable bonds is 5. The Labute approximate surface area is 188 Å². The van der Waals surface area contributed by atoms with Crippen LogP contribution in [0.25, 0.3) is 0 Å². The van der Waals surface area contributed by atoms with Crippen molar-refractivity contribution in [3.05, 3.63) is 44.4 Å². The zero-order valence-corrected chi connectivity index (χ0v) is 24.0. The fraction of sp³-hybridized carbons (Fsp3) is 0.524. The Balaban J connectivity index is 0.00000338. The number of aryl methyl sites for hydroxylation is 1. The van der Waals surface area contributed by atoms with Gasteiger partial charge >= 0.3 is 164 Å². The number of allylic oxidation sites excluding steroid dienone is 4. The maximum Gasteiger partial charge on any atom is -0.147 e. The molecule has 0 bridgehead atoms. The summed E-state index contributed by atoms with van der Waals surface area (Å²) in [5, 5.41) is 1.51. The first kappa shape index (κ1) is 27.2. The van der Waals surface area contributed by atoms with Crippen molar-refractivity contribution in [3.63, 3.8) is 0 Å². The Morgan fingerprint density at radius 1 is 0.926 bits per heavy atom. The summed E-state index contributed by atoms with van der Waals surface area (Å²) in [4.78, 5) is 0. The number of hydrogen-bond acceptors (Lipinski definition) is 1. The molecule has 1 nitrogen and oxygen atoms in total. The molecule has 0 radical (unpaired) electrons. The second-order valence-corrected chi connectivity index (χ2v) is 26.2. The Kier molecular flexibility index (Phi) is 10.4. The quantitative estimate of drug-likeness (QED) is 0.435. The van der Waals surface area contributed by atoms with Gasteiger partial charge in [-0.2, -0.15) is 0 Å². The average molecular weight is 480 g/mol. The first-order valence-corrected chi connectivity index (χ1v) is 20.0. The van der Waals surface area contributed by atoms with E-state index in [0.29, 0.717) is 5.92 Å². The van der Waals surface area contributed by atoms with Crippen LogP contribution in [0.2, 0.25) is 32.7 Å². The van der Waals surface area contributed by atoms with Gasteiger partial charge in [0.05, 0.1) is 0 Å². The van der Waals surface area contributed by atoms with Crippen LogP contribution in [0.1, 0.15) is 33.3 Å². The molecule has 0 saturated carbocycles. The summed E-state index contributed by atoms with van der Waals surface area (Å²) >= 11 is -1.71. The van der Waals surface area contributed by atoms with Gasteiger partial charge in [0, 0.05) is 0 Å². The molecule has 2 rings (SSSR count). The predicted octanol–water partition coefficient (Wildman–Crippen LogP) is 6.54. The van der Waals surface area contributed by atoms with E-state index in [9.17, 15) is 0 Å². The van der Waals surface area contributed by atoms with E-state index in [2.05, 4.69) is 85.6 Å². The minimum Gasteiger partial charge on any atom is -0.147 e. The van der Waals surface area contributed by atoms with Crippen LogP contribution in [-0.2, 0) is 17.5 Å². The van der Waals surface area contributed by atoms with Gasteiger partial charge in [-0.15, -0.1) is 24.8 Å². The third-order valence-electron chi connectivity index (χ3n) is 5.58. The zero-order chi connectivity index (χ0) is 19.1. The van der Waals surface area contributed by atoms with Gasteiger partial charge in [0.1, 0.15) is 0 Å². The smallest absolute Gasteiger partial charge is 0.147 e. The summed E-state index contributed by atoms with van der Waals surface area (Å²) in [6, 6.07) is 6.98. The van der Waals surface area contributed by atoms with Crippen molar-refractivity contribution < 1.29 is 20.8 Å². The molecule has 0 heterocycles. The van der Waals surface area contributed by atoms with Crippen LogP contribution in [0.3, 0.4) is 0 Å². The van der Waals surface area contributed by atoms with E-state index in [1.165, 1.54) is 16.3 Å². The Bertz CT molecular complexity index is 736. The topological polar surface area (TPSA) is 9.23 Å². The first-order chi connectivity index (χ1) is 11.4. The third-order valence-corrected chi connectivity index (χ3v) is 18.1. The van der Waals surface area contributed by atoms with Gasteiger partial charge in [-0.25, -0.2) is 0 Å². The van der Waals surface area contributed by atoms with Crippen LogP contribution in [0.5, 0.6) is 5.75 Å². The minimum atomic E-state index is -1.71. The summed E-state index contributed by atoms with van der Waals surface area (Å²) in [7, 11) is -1.33. The summed E-state index contributed by atoms with van der Waals surface area (Å²) in [6.45, 7) is 22.9. The van der Waals surface area contributed by atoms with E-state index < -0.39 is 32.3 Å². The molecule has 0 amide bonds. The summed E-state index contributed by atoms with van der Waals surface area (Å²) < 4.78 is 8.58. The SMILES string of the molecule is CC1=C(C)C(C)[C]([Ti]([O]c2cc(C)cc([Si](C)(C)C)c2)[SiH](C)C)=C1C.Cl.Cl. The Morgan fingerprint density at radius 3 is 1.89 bits per heavy atom. The van der Waals surface area contributed by atoms with E-state index in [0.717, 1.165) is 5.75 Å². The van der Waals surface area contributed by atoms with Crippen LogP contribution < -0.4 is 8.51 Å². The van der Waals surface area contributed by atoms with Gasteiger partial charge in [0.15, 0.2) is 0 Å². The average Bonchev–Trinajstić information content (AvgIpc) is 2.67. The van der Waals surface area contributed by atoms with Crippen LogP contribution >= 0.6 is 24.8 Å². The molecule has 0 aliphatic heterocycles. The van der Waals surface area contributed by atoms with Crippen LogP contribution in [-0.4, -0.2) is 14.7 Å². The molecule has 1 aliphatic carbocycles. The summed E-state index contributed by atoms with van der Waals surface area (Å²) in [5.74, 6) is 1.73. The van der Waals surface area contributed by atoms with Crippen molar-refractivity contribution >= 4 is 44.7 Å². The molecule has 1 unspecified atom stereocenters. The molecule has 0 N–H and O–H groups in total. The second-order valence-electron chi connectivity index (χ2n) is 8.97. The number of benzene rings is 1. The molecule has 1 aromatic carbocycles. The fourth-order valence-electron chi connectivity index (χ4n) is 3.61. The van der Waals surface area contributed by atoms with Gasteiger partial charge in [0.2, 0.25) is 0 Å². The fourth-order valence-corrected chi connectivity index (χ4v) is 14.8. The molecule has 1 aromatic rings. The molecule has 0 saturated heterocycles. The van der Waals surface area contributed by atoms with Gasteiger partial charge in [-0.1, -0.05) is 0 Å². The molecular formula is C21H37Cl2OSi2Ti. The van der Waals surface area contributed by atoms with Crippen molar-refractivity contribution in [2.45, 2.75) is 67.4 Å². The normalized spacial score (nSPS) is 17.1. The van der Waals surface area contributed by atoms with Crippen LogP contribution in [0.4, 0.5) is 0 Å². The molecule has 153 valence electrons. The molecule has 0 spiro atoms. The standard InChI is InChI=1S/C10H16OSi.C9H13.C2H7Si.2ClH.Ti/c1-8-5-9(11)7-10(6-8)12(2,3)4;1-6-5-7(2)9(4)8(6)3;1-3-2;;;/h5-7,11H,1-4H3;6H,1-4H3;3H,1-2H3;2*1H;/q;;;;;+1/p-1. The van der Waals surface area contributed by atoms with Crippen LogP contribution in [0.15, 0.2) is 38.8 Å². The maximum absolute atomic E-state index is 6.88. The molecule has 0 aromatic heterocycles. The minimum absolute atomic E-state index is 0. The second kappa shape index (κ2) is 10.3. The van der Waals surface area contributed by atoms with Gasteiger partial charge in [0.25, 0.3) is 0 Å².